The monoisotopic (exact) mass is 430 g/mol. The van der Waals surface area contributed by atoms with Crippen LogP contribution in [0.1, 0.15) is 78.5 Å². The van der Waals surface area contributed by atoms with E-state index in [-0.39, 0.29) is 30.4 Å². The molecule has 1 fully saturated rings. The minimum absolute atomic E-state index is 0.0729. The van der Waals surface area contributed by atoms with E-state index in [9.17, 15) is 24.0 Å². The van der Waals surface area contributed by atoms with Gasteiger partial charge in [0, 0.05) is 12.8 Å². The third kappa shape index (κ3) is 5.28. The van der Waals surface area contributed by atoms with Crippen molar-refractivity contribution in [2.75, 3.05) is 6.61 Å². The van der Waals surface area contributed by atoms with Gasteiger partial charge in [-0.3, -0.25) is 34.2 Å². The summed E-state index contributed by atoms with van der Waals surface area (Å²) in [6.07, 6.45) is 5.55. The summed E-state index contributed by atoms with van der Waals surface area (Å²) in [6, 6.07) is 3.80. The number of nitrogens with one attached hydrogen (secondary N) is 1. The molecule has 1 aromatic rings. The van der Waals surface area contributed by atoms with Gasteiger partial charge >= 0.3 is 5.97 Å². The summed E-state index contributed by atoms with van der Waals surface area (Å²) in [7, 11) is 0. The fraction of sp³-hybridized carbons (Fsp3) is 0.500. The van der Waals surface area contributed by atoms with Crippen LogP contribution in [0.5, 0.6) is 5.75 Å². The number of rotatable bonds is 11. The fourth-order valence-corrected chi connectivity index (χ4v) is 3.87. The van der Waals surface area contributed by atoms with Crippen molar-refractivity contribution in [3.05, 3.63) is 29.3 Å². The molecule has 0 aliphatic carbocycles. The van der Waals surface area contributed by atoms with Crippen LogP contribution in [0.15, 0.2) is 18.2 Å². The van der Waals surface area contributed by atoms with Gasteiger partial charge in [-0.25, -0.2) is 0 Å². The molecule has 3 rings (SSSR count). The van der Waals surface area contributed by atoms with Gasteiger partial charge in [-0.1, -0.05) is 31.7 Å². The van der Waals surface area contributed by atoms with Crippen LogP contribution in [-0.4, -0.2) is 52.3 Å². The van der Waals surface area contributed by atoms with E-state index in [0.29, 0.717) is 18.8 Å². The smallest absolute Gasteiger partial charge is 0.303 e. The Labute approximate surface area is 179 Å². The van der Waals surface area contributed by atoms with Gasteiger partial charge in [-0.15, -0.1) is 0 Å². The van der Waals surface area contributed by atoms with Crippen LogP contribution in [0.2, 0.25) is 0 Å². The van der Waals surface area contributed by atoms with Crippen molar-refractivity contribution in [3.8, 4) is 5.75 Å². The second-order valence-electron chi connectivity index (χ2n) is 7.74. The Kier molecular flexibility index (Phi) is 7.38. The number of benzene rings is 1. The van der Waals surface area contributed by atoms with Crippen LogP contribution in [0, 0.1) is 0 Å². The molecule has 1 atom stereocenters. The van der Waals surface area contributed by atoms with Crippen molar-refractivity contribution >= 4 is 29.6 Å². The predicted octanol–water partition coefficient (Wildman–Crippen LogP) is 2.28. The van der Waals surface area contributed by atoms with E-state index < -0.39 is 35.6 Å². The van der Waals surface area contributed by atoms with Crippen LogP contribution in [0.25, 0.3) is 0 Å². The Bertz CT molecular complexity index is 896. The van der Waals surface area contributed by atoms with E-state index in [0.717, 1.165) is 37.0 Å². The lowest BCUT2D eigenvalue weighted by molar-refractivity contribution is -0.138. The largest absolute Gasteiger partial charge is 0.493 e. The summed E-state index contributed by atoms with van der Waals surface area (Å²) in [5, 5.41) is 10.8. The molecule has 9 nitrogen and oxygen atoms in total. The van der Waals surface area contributed by atoms with Crippen molar-refractivity contribution in [2.24, 2.45) is 0 Å². The molecule has 1 unspecified atom stereocenters. The number of unbranched alkanes of at least 4 members (excludes halogenated alkanes) is 5. The van der Waals surface area contributed by atoms with Crippen LogP contribution in [0.3, 0.4) is 0 Å². The van der Waals surface area contributed by atoms with Gasteiger partial charge in [-0.2, -0.15) is 0 Å². The van der Waals surface area contributed by atoms with E-state index in [2.05, 4.69) is 5.32 Å². The lowest BCUT2D eigenvalue weighted by atomic mass is 10.0. The number of nitrogens with zero attached hydrogens (tertiary/aromatic N) is 1. The number of carboxylic acid groups (broad SMARTS) is 1. The van der Waals surface area contributed by atoms with Crippen LogP contribution in [0.4, 0.5) is 0 Å². The van der Waals surface area contributed by atoms with Gasteiger partial charge in [0.05, 0.1) is 17.7 Å². The molecule has 0 spiro atoms. The first-order valence-electron chi connectivity index (χ1n) is 10.6. The Hall–Kier alpha value is -3.23. The molecule has 1 saturated heterocycles. The minimum Gasteiger partial charge on any atom is -0.493 e. The molecule has 0 saturated carbocycles. The highest BCUT2D eigenvalue weighted by molar-refractivity contribution is 6.24. The van der Waals surface area contributed by atoms with E-state index >= 15 is 0 Å². The summed E-state index contributed by atoms with van der Waals surface area (Å²) in [6.45, 7) is 0.380. The van der Waals surface area contributed by atoms with E-state index in [1.807, 2.05) is 0 Å². The quantitative estimate of drug-likeness (QED) is 0.407. The zero-order chi connectivity index (χ0) is 22.4. The number of carboxylic acids is 1. The maximum absolute atomic E-state index is 13.0. The number of carbonyl (C=O) groups is 5. The first-order chi connectivity index (χ1) is 14.9. The van der Waals surface area contributed by atoms with Crippen molar-refractivity contribution in [1.82, 2.24) is 10.2 Å². The molecule has 2 heterocycles. The van der Waals surface area contributed by atoms with E-state index in [1.54, 1.807) is 12.1 Å². The van der Waals surface area contributed by atoms with Crippen LogP contribution < -0.4 is 10.1 Å². The molecule has 4 amide bonds. The minimum atomic E-state index is -1.00. The molecule has 0 radical (unpaired) electrons. The van der Waals surface area contributed by atoms with E-state index in [4.69, 9.17) is 9.84 Å². The normalized spacial score (nSPS) is 18.2. The third-order valence-corrected chi connectivity index (χ3v) is 5.47. The Balaban J connectivity index is 1.53. The van der Waals surface area contributed by atoms with Crippen LogP contribution >= 0.6 is 0 Å². The molecule has 2 aliphatic rings. The second kappa shape index (κ2) is 10.2. The number of piperidine rings is 1. The number of aliphatic carboxylic acids is 1. The average Bonchev–Trinajstić information content (AvgIpc) is 2.98. The number of fused-ring (bicyclic) bond motifs is 1. The number of carbonyl (C=O) groups excluding carboxylic acids is 4. The lowest BCUT2D eigenvalue weighted by Crippen LogP contribution is -2.54. The molecule has 9 heteroatoms. The summed E-state index contributed by atoms with van der Waals surface area (Å²) in [5.41, 5.74) is 0.358. The van der Waals surface area contributed by atoms with Gasteiger partial charge < -0.3 is 9.84 Å². The average molecular weight is 430 g/mol. The molecule has 166 valence electrons. The zero-order valence-corrected chi connectivity index (χ0v) is 17.2. The van der Waals surface area contributed by atoms with Gasteiger partial charge in [0.15, 0.2) is 0 Å². The molecule has 2 aliphatic heterocycles. The molecule has 1 aromatic carbocycles. The van der Waals surface area contributed by atoms with Crippen molar-refractivity contribution < 1.29 is 33.8 Å². The predicted molar refractivity (Wildman–Crippen MR) is 109 cm³/mol. The molecule has 0 aromatic heterocycles. The van der Waals surface area contributed by atoms with Crippen molar-refractivity contribution in [3.63, 3.8) is 0 Å². The maximum atomic E-state index is 13.0. The number of imide groups is 2. The first kappa shape index (κ1) is 22.5. The Morgan fingerprint density at radius 3 is 2.45 bits per heavy atom. The van der Waals surface area contributed by atoms with Gasteiger partial charge in [-0.05, 0) is 31.4 Å². The van der Waals surface area contributed by atoms with Gasteiger partial charge in [0.2, 0.25) is 11.8 Å². The second-order valence-corrected chi connectivity index (χ2v) is 7.74. The molecule has 31 heavy (non-hydrogen) atoms. The van der Waals surface area contributed by atoms with E-state index in [1.165, 1.54) is 6.07 Å². The SMILES string of the molecule is O=C(O)CCCCCCCCOc1cccc2c1C(=O)N(C1CCC(=O)NC1=O)C2=O. The maximum Gasteiger partial charge on any atom is 0.303 e. The van der Waals surface area contributed by atoms with Crippen LogP contribution in [-0.2, 0) is 14.4 Å². The molecule has 2 N–H and O–H groups in total. The fourth-order valence-electron chi connectivity index (χ4n) is 3.87. The third-order valence-electron chi connectivity index (χ3n) is 5.47. The molecule has 0 bridgehead atoms. The lowest BCUT2D eigenvalue weighted by Gasteiger charge is -2.27. The topological polar surface area (TPSA) is 130 Å². The highest BCUT2D eigenvalue weighted by Crippen LogP contribution is 2.33. The van der Waals surface area contributed by atoms with Gasteiger partial charge in [0.1, 0.15) is 11.8 Å². The summed E-state index contributed by atoms with van der Waals surface area (Å²) < 4.78 is 5.77. The molecular formula is C22H26N2O7. The summed E-state index contributed by atoms with van der Waals surface area (Å²) in [4.78, 5) is 60.7. The van der Waals surface area contributed by atoms with Crippen molar-refractivity contribution in [2.45, 2.75) is 63.8 Å². The highest BCUT2D eigenvalue weighted by Gasteiger charge is 2.45. The number of hydrogen-bond donors (Lipinski definition) is 2. The standard InChI is InChI=1S/C22H26N2O7/c25-17-12-11-15(20(28)23-17)24-21(29)14-8-7-9-16(19(14)22(24)30)31-13-6-4-2-1-3-5-10-18(26)27/h7-9,15H,1-6,10-13H2,(H,26,27)(H,23,25,28). The first-order valence-corrected chi connectivity index (χ1v) is 10.6. The highest BCUT2D eigenvalue weighted by atomic mass is 16.5. The number of hydrogen-bond acceptors (Lipinski definition) is 6. The van der Waals surface area contributed by atoms with Gasteiger partial charge in [0.25, 0.3) is 11.8 Å². The summed E-state index contributed by atoms with van der Waals surface area (Å²) >= 11 is 0. The zero-order valence-electron chi connectivity index (χ0n) is 17.2. The number of ether oxygens (including phenoxy) is 1. The summed E-state index contributed by atoms with van der Waals surface area (Å²) in [5.74, 6) is -2.65. The molecular weight excluding hydrogens is 404 g/mol. The number of amides is 4. The van der Waals surface area contributed by atoms with Crippen molar-refractivity contribution in [1.29, 1.82) is 0 Å². The Morgan fingerprint density at radius 2 is 1.74 bits per heavy atom. The Morgan fingerprint density at radius 1 is 1.03 bits per heavy atom.